The Bertz CT molecular complexity index is 686. The zero-order chi connectivity index (χ0) is 15.4. The van der Waals surface area contributed by atoms with Crippen LogP contribution in [0.15, 0.2) is 42.6 Å². The van der Waals surface area contributed by atoms with E-state index in [1.54, 1.807) is 0 Å². The highest BCUT2D eigenvalue weighted by Crippen LogP contribution is 2.32. The van der Waals surface area contributed by atoms with E-state index < -0.39 is 0 Å². The maximum absolute atomic E-state index is 11.5. The highest BCUT2D eigenvalue weighted by Gasteiger charge is 2.20. The number of esters is 1. The Balaban J connectivity index is 1.87. The summed E-state index contributed by atoms with van der Waals surface area (Å²) in [5.74, 6) is -0.169. The van der Waals surface area contributed by atoms with Crippen LogP contribution in [0.2, 0.25) is 0 Å². The fourth-order valence-corrected chi connectivity index (χ4v) is 2.89. The minimum atomic E-state index is -0.169. The number of hydrogen-bond donors (Lipinski definition) is 0. The summed E-state index contributed by atoms with van der Waals surface area (Å²) >= 11 is 0. The molecule has 3 rings (SSSR count). The molecule has 114 valence electrons. The van der Waals surface area contributed by atoms with Crippen LogP contribution in [0.5, 0.6) is 0 Å². The van der Waals surface area contributed by atoms with Crippen LogP contribution in [0.4, 0.5) is 0 Å². The molecule has 0 N–H and O–H groups in total. The topological polar surface area (TPSA) is 44.1 Å². The number of rotatable bonds is 4. The summed E-state index contributed by atoms with van der Waals surface area (Å²) in [6.45, 7) is 2.26. The Labute approximate surface area is 130 Å². The smallest absolute Gasteiger partial charge is 0.309 e. The molecule has 0 atom stereocenters. The number of benzene rings is 1. The summed E-state index contributed by atoms with van der Waals surface area (Å²) in [6.07, 6.45) is 7.33. The van der Waals surface area contributed by atoms with Crippen LogP contribution in [0, 0.1) is 0 Å². The van der Waals surface area contributed by atoms with Crippen molar-refractivity contribution >= 4 is 11.5 Å². The first kappa shape index (κ1) is 14.6. The molecular formula is C18H20N2O2. The van der Waals surface area contributed by atoms with Gasteiger partial charge >= 0.3 is 5.97 Å². The third-order valence-corrected chi connectivity index (χ3v) is 3.90. The fraction of sp³-hybridized carbons (Fsp3) is 0.333. The Kier molecular flexibility index (Phi) is 4.37. The van der Waals surface area contributed by atoms with E-state index in [9.17, 15) is 4.79 Å². The second kappa shape index (κ2) is 6.60. The van der Waals surface area contributed by atoms with Crippen molar-refractivity contribution in [2.45, 2.75) is 32.6 Å². The molecule has 0 unspecified atom stereocenters. The summed E-state index contributed by atoms with van der Waals surface area (Å²) in [4.78, 5) is 11.5. The molecule has 22 heavy (non-hydrogen) atoms. The molecule has 0 radical (unpaired) electrons. The molecule has 1 aromatic carbocycles. The largest absolute Gasteiger partial charge is 0.466 e. The first-order chi connectivity index (χ1) is 10.8. The second-order valence-electron chi connectivity index (χ2n) is 5.34. The Hall–Kier alpha value is -2.36. The van der Waals surface area contributed by atoms with E-state index in [1.165, 1.54) is 16.8 Å². The van der Waals surface area contributed by atoms with Gasteiger partial charge in [0.25, 0.3) is 0 Å². The van der Waals surface area contributed by atoms with Gasteiger partial charge in [0.05, 0.1) is 30.6 Å². The van der Waals surface area contributed by atoms with Gasteiger partial charge in [-0.3, -0.25) is 4.79 Å². The van der Waals surface area contributed by atoms with E-state index in [0.29, 0.717) is 13.0 Å². The normalized spacial score (nSPS) is 15.6. The van der Waals surface area contributed by atoms with E-state index in [-0.39, 0.29) is 5.97 Å². The molecule has 1 aromatic heterocycles. The Morgan fingerprint density at radius 3 is 2.91 bits per heavy atom. The highest BCUT2D eigenvalue weighted by atomic mass is 16.5. The summed E-state index contributed by atoms with van der Waals surface area (Å²) in [5.41, 5.74) is 4.68. The van der Waals surface area contributed by atoms with Crippen LogP contribution < -0.4 is 0 Å². The van der Waals surface area contributed by atoms with Crippen LogP contribution >= 0.6 is 0 Å². The van der Waals surface area contributed by atoms with Crippen LogP contribution in [-0.4, -0.2) is 22.4 Å². The van der Waals surface area contributed by atoms with Crippen LogP contribution in [0.1, 0.15) is 37.4 Å². The molecule has 4 heteroatoms. The summed E-state index contributed by atoms with van der Waals surface area (Å²) in [7, 11) is 0. The molecule has 0 spiro atoms. The lowest BCUT2D eigenvalue weighted by molar-refractivity contribution is -0.142. The van der Waals surface area contributed by atoms with E-state index in [0.717, 1.165) is 24.9 Å². The fourth-order valence-electron chi connectivity index (χ4n) is 2.89. The zero-order valence-electron chi connectivity index (χ0n) is 12.8. The molecule has 0 bridgehead atoms. The number of para-hydroxylation sites is 1. The van der Waals surface area contributed by atoms with Gasteiger partial charge in [-0.15, -0.1) is 0 Å². The number of aromatic nitrogens is 2. The first-order valence-corrected chi connectivity index (χ1v) is 7.77. The van der Waals surface area contributed by atoms with Gasteiger partial charge in [0, 0.05) is 5.56 Å². The predicted molar refractivity (Wildman–Crippen MR) is 85.7 cm³/mol. The van der Waals surface area contributed by atoms with Crippen molar-refractivity contribution < 1.29 is 9.53 Å². The number of allylic oxidation sites excluding steroid dienone is 1. The minimum absolute atomic E-state index is 0.169. The lowest BCUT2D eigenvalue weighted by Crippen LogP contribution is -2.08. The highest BCUT2D eigenvalue weighted by molar-refractivity contribution is 5.76. The lowest BCUT2D eigenvalue weighted by atomic mass is 9.91. The van der Waals surface area contributed by atoms with Crippen molar-refractivity contribution in [1.82, 2.24) is 9.78 Å². The number of carbonyl (C=O) groups excluding carboxylic acids is 1. The Morgan fingerprint density at radius 1 is 1.32 bits per heavy atom. The van der Waals surface area contributed by atoms with E-state index >= 15 is 0 Å². The predicted octanol–water partition coefficient (Wildman–Crippen LogP) is 3.55. The van der Waals surface area contributed by atoms with Crippen molar-refractivity contribution in [2.24, 2.45) is 0 Å². The maximum atomic E-state index is 11.5. The summed E-state index contributed by atoms with van der Waals surface area (Å²) in [6, 6.07) is 10.2. The van der Waals surface area contributed by atoms with Gasteiger partial charge in [0.2, 0.25) is 0 Å². The van der Waals surface area contributed by atoms with Crippen molar-refractivity contribution in [3.05, 3.63) is 53.9 Å². The monoisotopic (exact) mass is 296 g/mol. The number of hydrogen-bond acceptors (Lipinski definition) is 3. The van der Waals surface area contributed by atoms with Gasteiger partial charge in [0.1, 0.15) is 0 Å². The van der Waals surface area contributed by atoms with E-state index in [1.807, 2.05) is 42.1 Å². The van der Waals surface area contributed by atoms with Crippen molar-refractivity contribution in [3.63, 3.8) is 0 Å². The molecule has 1 aliphatic rings. The van der Waals surface area contributed by atoms with Gasteiger partial charge in [-0.25, -0.2) is 4.68 Å². The molecule has 1 aliphatic carbocycles. The summed E-state index contributed by atoms with van der Waals surface area (Å²) in [5, 5.41) is 4.54. The van der Waals surface area contributed by atoms with Crippen LogP contribution in [-0.2, 0) is 16.0 Å². The SMILES string of the molecule is CCOC(=O)C/C=C1\CCCc2c1cnn2-c1ccccc1. The quantitative estimate of drug-likeness (QED) is 0.810. The van der Waals surface area contributed by atoms with E-state index in [4.69, 9.17) is 4.74 Å². The molecule has 1 heterocycles. The molecule has 0 saturated carbocycles. The van der Waals surface area contributed by atoms with Crippen LogP contribution in [0.25, 0.3) is 11.3 Å². The molecule has 0 saturated heterocycles. The molecule has 0 aliphatic heterocycles. The third kappa shape index (κ3) is 2.96. The standard InChI is InChI=1S/C18H20N2O2/c1-2-22-18(21)12-11-14-7-6-10-17-16(14)13-19-20(17)15-8-4-3-5-9-15/h3-5,8-9,11,13H,2,6-7,10,12H2,1H3/b14-11+. The lowest BCUT2D eigenvalue weighted by Gasteiger charge is -2.17. The number of ether oxygens (including phenoxy) is 1. The maximum Gasteiger partial charge on any atom is 0.309 e. The summed E-state index contributed by atoms with van der Waals surface area (Å²) < 4.78 is 7.00. The molecule has 0 amide bonds. The average Bonchev–Trinajstić information content (AvgIpc) is 2.98. The minimum Gasteiger partial charge on any atom is -0.466 e. The van der Waals surface area contributed by atoms with Gasteiger partial charge in [-0.1, -0.05) is 24.3 Å². The van der Waals surface area contributed by atoms with Gasteiger partial charge < -0.3 is 4.74 Å². The van der Waals surface area contributed by atoms with Crippen molar-refractivity contribution in [2.75, 3.05) is 6.61 Å². The van der Waals surface area contributed by atoms with Crippen molar-refractivity contribution in [1.29, 1.82) is 0 Å². The van der Waals surface area contributed by atoms with Gasteiger partial charge in [-0.05, 0) is 43.9 Å². The van der Waals surface area contributed by atoms with Crippen molar-refractivity contribution in [3.8, 4) is 5.69 Å². The number of nitrogens with zero attached hydrogens (tertiary/aromatic N) is 2. The van der Waals surface area contributed by atoms with Crippen LogP contribution in [0.3, 0.4) is 0 Å². The molecule has 4 nitrogen and oxygen atoms in total. The molecular weight excluding hydrogens is 276 g/mol. The average molecular weight is 296 g/mol. The van der Waals surface area contributed by atoms with Gasteiger partial charge in [0.15, 0.2) is 0 Å². The number of carbonyl (C=O) groups is 1. The molecule has 0 fully saturated rings. The number of fused-ring (bicyclic) bond motifs is 1. The zero-order valence-corrected chi connectivity index (χ0v) is 12.8. The van der Waals surface area contributed by atoms with E-state index in [2.05, 4.69) is 17.2 Å². The van der Waals surface area contributed by atoms with Gasteiger partial charge in [-0.2, -0.15) is 5.10 Å². The molecule has 2 aromatic rings. The second-order valence-corrected chi connectivity index (χ2v) is 5.34. The third-order valence-electron chi connectivity index (χ3n) is 3.90. The first-order valence-electron chi connectivity index (χ1n) is 7.77. The Morgan fingerprint density at radius 2 is 2.14 bits per heavy atom.